The van der Waals surface area contributed by atoms with Crippen molar-refractivity contribution in [1.29, 1.82) is 0 Å². The lowest BCUT2D eigenvalue weighted by Gasteiger charge is -2.14. The molecule has 1 aromatic carbocycles. The van der Waals surface area contributed by atoms with Crippen molar-refractivity contribution in [3.8, 4) is 0 Å². The number of benzene rings is 1. The molecule has 0 heterocycles. The van der Waals surface area contributed by atoms with Crippen molar-refractivity contribution in [2.75, 3.05) is 19.0 Å². The van der Waals surface area contributed by atoms with Gasteiger partial charge >= 0.3 is 0 Å². The van der Waals surface area contributed by atoms with Crippen LogP contribution in [-0.2, 0) is 0 Å². The Morgan fingerprint density at radius 3 is 2.43 bits per heavy atom. The van der Waals surface area contributed by atoms with Crippen molar-refractivity contribution in [3.05, 3.63) is 32.3 Å². The van der Waals surface area contributed by atoms with Crippen LogP contribution in [0.5, 0.6) is 0 Å². The molecule has 1 rings (SSSR count). The number of nitro benzene ring substituents is 1. The molecule has 0 aliphatic heterocycles. The predicted octanol–water partition coefficient (Wildman–Crippen LogP) is 2.73. The standard InChI is InChI=1S/C9H11BrN2O2/c1-6-4-7(10)9(11(2)3)5-8(6)12(13)14/h4-5H,1-3H3. The summed E-state index contributed by atoms with van der Waals surface area (Å²) in [5.74, 6) is 0. The maximum atomic E-state index is 10.7. The molecule has 0 saturated heterocycles. The van der Waals surface area contributed by atoms with Gasteiger partial charge in [-0.3, -0.25) is 10.1 Å². The molecule has 5 heteroatoms. The average Bonchev–Trinajstić information content (AvgIpc) is 2.02. The van der Waals surface area contributed by atoms with Crippen LogP contribution in [0.1, 0.15) is 5.56 Å². The Morgan fingerprint density at radius 1 is 1.43 bits per heavy atom. The third-order valence-corrected chi connectivity index (χ3v) is 2.58. The lowest BCUT2D eigenvalue weighted by atomic mass is 10.2. The van der Waals surface area contributed by atoms with Crippen molar-refractivity contribution < 1.29 is 4.92 Å². The van der Waals surface area contributed by atoms with Gasteiger partial charge in [-0.2, -0.15) is 0 Å². The second kappa shape index (κ2) is 3.96. The highest BCUT2D eigenvalue weighted by molar-refractivity contribution is 9.10. The Bertz CT molecular complexity index is 377. The predicted molar refractivity (Wildman–Crippen MR) is 59.9 cm³/mol. The normalized spacial score (nSPS) is 10.0. The summed E-state index contributed by atoms with van der Waals surface area (Å²) in [6.45, 7) is 1.72. The zero-order chi connectivity index (χ0) is 10.9. The number of rotatable bonds is 2. The van der Waals surface area contributed by atoms with E-state index in [0.717, 1.165) is 10.2 Å². The van der Waals surface area contributed by atoms with Gasteiger partial charge in [0.2, 0.25) is 0 Å². The Kier molecular flexibility index (Phi) is 3.10. The maximum absolute atomic E-state index is 10.7. The van der Waals surface area contributed by atoms with Crippen molar-refractivity contribution in [1.82, 2.24) is 0 Å². The van der Waals surface area contributed by atoms with Gasteiger partial charge in [-0.25, -0.2) is 0 Å². The summed E-state index contributed by atoms with van der Waals surface area (Å²) in [7, 11) is 3.69. The average molecular weight is 259 g/mol. The summed E-state index contributed by atoms with van der Waals surface area (Å²) in [4.78, 5) is 12.1. The number of aryl methyl sites for hydroxylation is 1. The molecule has 0 atom stereocenters. The molecular formula is C9H11BrN2O2. The highest BCUT2D eigenvalue weighted by atomic mass is 79.9. The largest absolute Gasteiger partial charge is 0.377 e. The SMILES string of the molecule is Cc1cc(Br)c(N(C)C)cc1[N+](=O)[O-]. The Labute approximate surface area is 90.8 Å². The van der Waals surface area contributed by atoms with Gasteiger partial charge < -0.3 is 4.90 Å². The second-order valence-corrected chi connectivity index (χ2v) is 4.10. The van der Waals surface area contributed by atoms with Gasteiger partial charge in [0.05, 0.1) is 10.6 Å². The molecule has 0 radical (unpaired) electrons. The summed E-state index contributed by atoms with van der Waals surface area (Å²) in [5.41, 5.74) is 1.62. The summed E-state index contributed by atoms with van der Waals surface area (Å²) >= 11 is 3.37. The quantitative estimate of drug-likeness (QED) is 0.606. The monoisotopic (exact) mass is 258 g/mol. The topological polar surface area (TPSA) is 46.4 Å². The van der Waals surface area contributed by atoms with Crippen molar-refractivity contribution in [2.24, 2.45) is 0 Å². The molecule has 14 heavy (non-hydrogen) atoms. The van der Waals surface area contributed by atoms with E-state index >= 15 is 0 Å². The number of halogens is 1. The molecule has 0 fully saturated rings. The van der Waals surface area contributed by atoms with Crippen molar-refractivity contribution in [3.63, 3.8) is 0 Å². The van der Waals surface area contributed by atoms with E-state index in [1.165, 1.54) is 0 Å². The molecular weight excluding hydrogens is 248 g/mol. The number of nitrogens with zero attached hydrogens (tertiary/aromatic N) is 2. The smallest absolute Gasteiger partial charge is 0.274 e. The minimum absolute atomic E-state index is 0.150. The number of hydrogen-bond donors (Lipinski definition) is 0. The van der Waals surface area contributed by atoms with Crippen LogP contribution in [0.2, 0.25) is 0 Å². The van der Waals surface area contributed by atoms with Gasteiger partial charge in [0, 0.05) is 30.2 Å². The first-order valence-corrected chi connectivity index (χ1v) is 4.84. The van der Waals surface area contributed by atoms with Gasteiger partial charge in [-0.15, -0.1) is 0 Å². The fraction of sp³-hybridized carbons (Fsp3) is 0.333. The van der Waals surface area contributed by atoms with E-state index in [1.807, 2.05) is 19.0 Å². The minimum atomic E-state index is -0.366. The zero-order valence-electron chi connectivity index (χ0n) is 8.24. The van der Waals surface area contributed by atoms with Gasteiger partial charge in [-0.05, 0) is 28.9 Å². The van der Waals surface area contributed by atoms with Crippen LogP contribution in [0.3, 0.4) is 0 Å². The Balaban J connectivity index is 3.34. The maximum Gasteiger partial charge on any atom is 0.274 e. The van der Waals surface area contributed by atoms with E-state index in [-0.39, 0.29) is 10.6 Å². The summed E-state index contributed by atoms with van der Waals surface area (Å²) in [5, 5.41) is 10.7. The van der Waals surface area contributed by atoms with Gasteiger partial charge in [-0.1, -0.05) is 0 Å². The molecule has 0 saturated carbocycles. The molecule has 0 aliphatic carbocycles. The van der Waals surface area contributed by atoms with Crippen LogP contribution in [0.15, 0.2) is 16.6 Å². The van der Waals surface area contributed by atoms with Gasteiger partial charge in [0.15, 0.2) is 0 Å². The Morgan fingerprint density at radius 2 is 2.00 bits per heavy atom. The molecule has 0 N–H and O–H groups in total. The van der Waals surface area contributed by atoms with Crippen LogP contribution in [0.4, 0.5) is 11.4 Å². The van der Waals surface area contributed by atoms with E-state index in [9.17, 15) is 10.1 Å². The zero-order valence-corrected chi connectivity index (χ0v) is 9.83. The van der Waals surface area contributed by atoms with E-state index in [1.54, 1.807) is 19.1 Å². The lowest BCUT2D eigenvalue weighted by Crippen LogP contribution is -2.10. The van der Waals surface area contributed by atoms with Crippen molar-refractivity contribution >= 4 is 27.3 Å². The van der Waals surface area contributed by atoms with Crippen LogP contribution in [0.25, 0.3) is 0 Å². The van der Waals surface area contributed by atoms with Crippen LogP contribution < -0.4 is 4.90 Å². The molecule has 0 amide bonds. The molecule has 0 aliphatic rings. The first-order valence-electron chi connectivity index (χ1n) is 4.05. The molecule has 0 bridgehead atoms. The highest BCUT2D eigenvalue weighted by Crippen LogP contribution is 2.31. The third-order valence-electron chi connectivity index (χ3n) is 1.94. The first kappa shape index (κ1) is 11.0. The summed E-state index contributed by atoms with van der Waals surface area (Å²) in [6.07, 6.45) is 0. The fourth-order valence-electron chi connectivity index (χ4n) is 1.19. The highest BCUT2D eigenvalue weighted by Gasteiger charge is 2.14. The lowest BCUT2D eigenvalue weighted by molar-refractivity contribution is -0.385. The molecule has 4 nitrogen and oxygen atoms in total. The third kappa shape index (κ3) is 2.04. The summed E-state index contributed by atoms with van der Waals surface area (Å²) < 4.78 is 0.866. The van der Waals surface area contributed by atoms with Crippen LogP contribution in [-0.4, -0.2) is 19.0 Å². The number of hydrogen-bond acceptors (Lipinski definition) is 3. The summed E-state index contributed by atoms with van der Waals surface area (Å²) in [6, 6.07) is 3.33. The first-order chi connectivity index (χ1) is 6.43. The molecule has 76 valence electrons. The van der Waals surface area contributed by atoms with Crippen LogP contribution in [0, 0.1) is 17.0 Å². The van der Waals surface area contributed by atoms with E-state index < -0.39 is 0 Å². The second-order valence-electron chi connectivity index (χ2n) is 3.24. The number of anilines is 1. The van der Waals surface area contributed by atoms with Crippen molar-refractivity contribution in [2.45, 2.75) is 6.92 Å². The molecule has 0 unspecified atom stereocenters. The van der Waals surface area contributed by atoms with E-state index in [2.05, 4.69) is 15.9 Å². The van der Waals surface area contributed by atoms with E-state index in [0.29, 0.717) is 5.56 Å². The van der Waals surface area contributed by atoms with E-state index in [4.69, 9.17) is 0 Å². The van der Waals surface area contributed by atoms with Crippen LogP contribution >= 0.6 is 15.9 Å². The fourth-order valence-corrected chi connectivity index (χ4v) is 2.00. The Hall–Kier alpha value is -1.10. The molecule has 0 aromatic heterocycles. The van der Waals surface area contributed by atoms with Gasteiger partial charge in [0.25, 0.3) is 5.69 Å². The molecule has 1 aromatic rings. The minimum Gasteiger partial charge on any atom is -0.377 e. The number of nitro groups is 1. The van der Waals surface area contributed by atoms with Gasteiger partial charge in [0.1, 0.15) is 0 Å². The molecule has 0 spiro atoms.